The van der Waals surface area contributed by atoms with Gasteiger partial charge in [0.2, 0.25) is 0 Å². The number of nitrogens with zero attached hydrogens (tertiary/aromatic N) is 1. The van der Waals surface area contributed by atoms with Crippen molar-refractivity contribution >= 4 is 27.3 Å². The van der Waals surface area contributed by atoms with Gasteiger partial charge in [-0.05, 0) is 72.4 Å². The van der Waals surface area contributed by atoms with Crippen molar-refractivity contribution < 1.29 is 0 Å². The van der Waals surface area contributed by atoms with Gasteiger partial charge in [-0.2, -0.15) is 0 Å². The molecule has 0 fully saturated rings. The van der Waals surface area contributed by atoms with E-state index in [1.165, 1.54) is 56.0 Å². The van der Waals surface area contributed by atoms with Crippen LogP contribution in [0.2, 0.25) is 0 Å². The standard InChI is InChI=1S/C33H26BrN/c1-21-10-14-23(15-11-21)33(24-16-12-22(2)13-17-24)28-8-5-7-27-26-6-3-4-9-30(26)35(32(27)28)31-19-18-25(34)20-29(31)33/h3-5,7-20,26H,6H2,1-2H3. The fraction of sp³-hybridized carbons (Fsp3) is 0.152. The highest BCUT2D eigenvalue weighted by molar-refractivity contribution is 9.10. The summed E-state index contributed by atoms with van der Waals surface area (Å²) in [6, 6.07) is 32.2. The zero-order valence-electron chi connectivity index (χ0n) is 19.9. The third kappa shape index (κ3) is 2.81. The van der Waals surface area contributed by atoms with Crippen LogP contribution in [0.4, 0.5) is 11.4 Å². The van der Waals surface area contributed by atoms with Gasteiger partial charge in [-0.3, -0.25) is 0 Å². The van der Waals surface area contributed by atoms with E-state index in [0.29, 0.717) is 5.92 Å². The Morgan fingerprint density at radius 1 is 0.800 bits per heavy atom. The maximum Gasteiger partial charge on any atom is 0.0742 e. The molecule has 0 radical (unpaired) electrons. The van der Waals surface area contributed by atoms with Crippen LogP contribution < -0.4 is 4.90 Å². The van der Waals surface area contributed by atoms with E-state index in [1.54, 1.807) is 0 Å². The highest BCUT2D eigenvalue weighted by Gasteiger charge is 2.50. The van der Waals surface area contributed by atoms with Crippen molar-refractivity contribution in [3.05, 3.63) is 152 Å². The molecule has 4 aromatic carbocycles. The van der Waals surface area contributed by atoms with Crippen LogP contribution in [0.25, 0.3) is 0 Å². The van der Waals surface area contributed by atoms with Gasteiger partial charge in [-0.25, -0.2) is 0 Å². The van der Waals surface area contributed by atoms with Crippen molar-refractivity contribution in [1.29, 1.82) is 0 Å². The molecular weight excluding hydrogens is 490 g/mol. The molecule has 3 aliphatic rings. The monoisotopic (exact) mass is 515 g/mol. The highest BCUT2D eigenvalue weighted by atomic mass is 79.9. The summed E-state index contributed by atoms with van der Waals surface area (Å²) in [5.74, 6) is 0.401. The van der Waals surface area contributed by atoms with Gasteiger partial charge >= 0.3 is 0 Å². The van der Waals surface area contributed by atoms with E-state index in [9.17, 15) is 0 Å². The fourth-order valence-corrected chi connectivity index (χ4v) is 6.82. The number of hydrogen-bond donors (Lipinski definition) is 0. The Morgan fingerprint density at radius 2 is 1.49 bits per heavy atom. The van der Waals surface area contributed by atoms with E-state index < -0.39 is 5.41 Å². The largest absolute Gasteiger partial charge is 0.313 e. The van der Waals surface area contributed by atoms with Crippen LogP contribution >= 0.6 is 15.9 Å². The van der Waals surface area contributed by atoms with Crippen LogP contribution in [-0.2, 0) is 5.41 Å². The summed E-state index contributed by atoms with van der Waals surface area (Å²) in [4.78, 5) is 2.54. The Morgan fingerprint density at radius 3 is 2.17 bits per heavy atom. The summed E-state index contributed by atoms with van der Waals surface area (Å²) in [6.07, 6.45) is 7.89. The topological polar surface area (TPSA) is 3.24 Å². The Kier molecular flexibility index (Phi) is 4.53. The summed E-state index contributed by atoms with van der Waals surface area (Å²) in [5.41, 5.74) is 12.9. The maximum atomic E-state index is 3.83. The summed E-state index contributed by atoms with van der Waals surface area (Å²) in [6.45, 7) is 4.33. The molecule has 1 atom stereocenters. The molecule has 1 aliphatic carbocycles. The van der Waals surface area contributed by atoms with E-state index >= 15 is 0 Å². The number of rotatable bonds is 2. The number of fused-ring (bicyclic) bond motifs is 5. The van der Waals surface area contributed by atoms with Crippen molar-refractivity contribution in [2.24, 2.45) is 0 Å². The molecule has 2 heteroatoms. The van der Waals surface area contributed by atoms with Crippen LogP contribution in [0.3, 0.4) is 0 Å². The highest BCUT2D eigenvalue weighted by Crippen LogP contribution is 2.63. The van der Waals surface area contributed by atoms with Crippen LogP contribution in [0, 0.1) is 13.8 Å². The molecule has 0 saturated carbocycles. The van der Waals surface area contributed by atoms with E-state index in [0.717, 1.165) is 10.9 Å². The first-order valence-corrected chi connectivity index (χ1v) is 13.1. The lowest BCUT2D eigenvalue weighted by Crippen LogP contribution is -2.38. The minimum atomic E-state index is -0.413. The molecule has 35 heavy (non-hydrogen) atoms. The molecule has 0 amide bonds. The first-order chi connectivity index (χ1) is 17.1. The van der Waals surface area contributed by atoms with Crippen LogP contribution in [0.15, 0.2) is 113 Å². The number of anilines is 2. The third-order valence-electron chi connectivity index (χ3n) is 8.03. The third-order valence-corrected chi connectivity index (χ3v) is 8.53. The van der Waals surface area contributed by atoms with E-state index in [-0.39, 0.29) is 0 Å². The van der Waals surface area contributed by atoms with E-state index in [2.05, 4.69) is 138 Å². The van der Waals surface area contributed by atoms with E-state index in [1.807, 2.05) is 0 Å². The van der Waals surface area contributed by atoms with Crippen LogP contribution in [-0.4, -0.2) is 0 Å². The maximum absolute atomic E-state index is 3.83. The van der Waals surface area contributed by atoms with Gasteiger partial charge in [0.05, 0.1) is 16.8 Å². The van der Waals surface area contributed by atoms with Crippen molar-refractivity contribution in [1.82, 2.24) is 0 Å². The lowest BCUT2D eigenvalue weighted by atomic mass is 9.62. The molecule has 0 spiro atoms. The quantitative estimate of drug-likeness (QED) is 0.257. The predicted molar refractivity (Wildman–Crippen MR) is 149 cm³/mol. The molecule has 0 aromatic heterocycles. The number of aryl methyl sites for hydroxylation is 2. The second kappa shape index (κ2) is 7.57. The van der Waals surface area contributed by atoms with Gasteiger partial charge in [-0.15, -0.1) is 0 Å². The molecule has 4 aromatic rings. The van der Waals surface area contributed by atoms with Crippen molar-refractivity contribution in [2.75, 3.05) is 4.90 Å². The Balaban J connectivity index is 1.67. The average molecular weight is 516 g/mol. The number of allylic oxidation sites excluding steroid dienone is 4. The summed E-state index contributed by atoms with van der Waals surface area (Å²) < 4.78 is 1.10. The van der Waals surface area contributed by atoms with Crippen LogP contribution in [0.5, 0.6) is 0 Å². The Labute approximate surface area is 215 Å². The molecular formula is C33H26BrN. The zero-order chi connectivity index (χ0) is 23.7. The summed E-state index contributed by atoms with van der Waals surface area (Å²) >= 11 is 3.83. The van der Waals surface area contributed by atoms with Crippen molar-refractivity contribution in [3.8, 4) is 0 Å². The summed E-state index contributed by atoms with van der Waals surface area (Å²) in [5, 5.41) is 0. The molecule has 0 bridgehead atoms. The number of hydrogen-bond acceptors (Lipinski definition) is 1. The number of halogens is 1. The lowest BCUT2D eigenvalue weighted by Gasteiger charge is -2.45. The van der Waals surface area contributed by atoms with Crippen molar-refractivity contribution in [2.45, 2.75) is 31.6 Å². The molecule has 0 saturated heterocycles. The second-order valence-corrected chi connectivity index (χ2v) is 10.9. The molecule has 1 unspecified atom stereocenters. The van der Waals surface area contributed by atoms with Crippen LogP contribution in [0.1, 0.15) is 51.3 Å². The smallest absolute Gasteiger partial charge is 0.0742 e. The van der Waals surface area contributed by atoms with E-state index in [4.69, 9.17) is 0 Å². The van der Waals surface area contributed by atoms with Gasteiger partial charge in [0.25, 0.3) is 0 Å². The minimum absolute atomic E-state index is 0.401. The lowest BCUT2D eigenvalue weighted by molar-refractivity contribution is 0.728. The normalized spacial score (nSPS) is 18.5. The molecule has 7 rings (SSSR count). The SMILES string of the molecule is Cc1ccc(C2(c3ccc(C)cc3)c3cc(Br)ccc3N3C4=CC=CCC4c4cccc2c43)cc1. The number of benzene rings is 4. The molecule has 0 N–H and O–H groups in total. The molecule has 170 valence electrons. The molecule has 1 nitrogen and oxygen atoms in total. The van der Waals surface area contributed by atoms with Crippen molar-refractivity contribution in [3.63, 3.8) is 0 Å². The van der Waals surface area contributed by atoms with Gasteiger partial charge < -0.3 is 4.90 Å². The predicted octanol–water partition coefficient (Wildman–Crippen LogP) is 8.84. The van der Waals surface area contributed by atoms with Gasteiger partial charge in [0.15, 0.2) is 0 Å². The first kappa shape index (κ1) is 21.0. The fourth-order valence-electron chi connectivity index (χ4n) is 6.46. The number of para-hydroxylation sites is 1. The molecule has 2 aliphatic heterocycles. The summed E-state index contributed by atoms with van der Waals surface area (Å²) in [7, 11) is 0. The molecule has 2 heterocycles. The zero-order valence-corrected chi connectivity index (χ0v) is 21.5. The van der Waals surface area contributed by atoms with Gasteiger partial charge in [0.1, 0.15) is 0 Å². The second-order valence-electron chi connectivity index (χ2n) is 10.0. The Hall–Kier alpha value is -3.36. The average Bonchev–Trinajstić information content (AvgIpc) is 3.22. The van der Waals surface area contributed by atoms with Gasteiger partial charge in [0, 0.05) is 16.1 Å². The Bertz CT molecular complexity index is 1490. The minimum Gasteiger partial charge on any atom is -0.313 e. The van der Waals surface area contributed by atoms with Gasteiger partial charge in [-0.1, -0.05) is 106 Å². The first-order valence-electron chi connectivity index (χ1n) is 12.3.